The average Bonchev–Trinajstić information content (AvgIpc) is 2.43. The Morgan fingerprint density at radius 1 is 1.57 bits per heavy atom. The molecule has 4 heteroatoms. The van der Waals surface area contributed by atoms with Crippen molar-refractivity contribution >= 4 is 6.29 Å². The van der Waals surface area contributed by atoms with E-state index in [2.05, 4.69) is 4.90 Å². The lowest BCUT2D eigenvalue weighted by Crippen LogP contribution is -2.49. The van der Waals surface area contributed by atoms with E-state index in [-0.39, 0.29) is 6.10 Å². The van der Waals surface area contributed by atoms with Crippen molar-refractivity contribution in [3.05, 3.63) is 23.5 Å². The standard InChI is InChI=1S/C10H14N2O2/c1-11-2-8(9(3-11)7-13)4-12-5-10(14)6-12/h2-3,7,10,14H,4-6H2,1H3. The molecule has 0 amide bonds. The Labute approximate surface area is 82.7 Å². The lowest BCUT2D eigenvalue weighted by molar-refractivity contribution is -0.00291. The highest BCUT2D eigenvalue weighted by atomic mass is 16.3. The van der Waals surface area contributed by atoms with Crippen molar-refractivity contribution in [1.29, 1.82) is 0 Å². The summed E-state index contributed by atoms with van der Waals surface area (Å²) in [5.74, 6) is 0. The van der Waals surface area contributed by atoms with Gasteiger partial charge in [-0.1, -0.05) is 0 Å². The van der Waals surface area contributed by atoms with E-state index in [0.717, 1.165) is 24.0 Å². The highest BCUT2D eigenvalue weighted by Gasteiger charge is 2.24. The van der Waals surface area contributed by atoms with Crippen LogP contribution in [-0.4, -0.2) is 40.1 Å². The van der Waals surface area contributed by atoms with Crippen molar-refractivity contribution in [3.63, 3.8) is 0 Å². The Kier molecular flexibility index (Phi) is 2.39. The second-order valence-corrected chi connectivity index (χ2v) is 3.87. The molecule has 1 aliphatic heterocycles. The molecule has 0 saturated carbocycles. The number of aliphatic hydroxyl groups excluding tert-OH is 1. The van der Waals surface area contributed by atoms with E-state index < -0.39 is 0 Å². The molecule has 0 radical (unpaired) electrons. The lowest BCUT2D eigenvalue weighted by Gasteiger charge is -2.35. The predicted octanol–water partition coefficient (Wildman–Crippen LogP) is 0.0141. The van der Waals surface area contributed by atoms with Crippen LogP contribution in [0.3, 0.4) is 0 Å². The van der Waals surface area contributed by atoms with Crippen LogP contribution in [0.15, 0.2) is 12.4 Å². The van der Waals surface area contributed by atoms with Gasteiger partial charge >= 0.3 is 0 Å². The number of aromatic nitrogens is 1. The average molecular weight is 194 g/mol. The molecular formula is C10H14N2O2. The molecule has 14 heavy (non-hydrogen) atoms. The first-order chi connectivity index (χ1) is 6.69. The van der Waals surface area contributed by atoms with Crippen LogP contribution in [-0.2, 0) is 13.6 Å². The van der Waals surface area contributed by atoms with Crippen molar-refractivity contribution in [2.45, 2.75) is 12.6 Å². The molecule has 0 aliphatic carbocycles. The third kappa shape index (κ3) is 1.71. The topological polar surface area (TPSA) is 45.5 Å². The first-order valence-electron chi connectivity index (χ1n) is 4.69. The van der Waals surface area contributed by atoms with Gasteiger partial charge in [0.05, 0.1) is 6.10 Å². The Balaban J connectivity index is 2.04. The summed E-state index contributed by atoms with van der Waals surface area (Å²) in [6, 6.07) is 0. The van der Waals surface area contributed by atoms with Gasteiger partial charge in [0.25, 0.3) is 0 Å². The lowest BCUT2D eigenvalue weighted by atomic mass is 10.1. The molecule has 1 saturated heterocycles. The highest BCUT2D eigenvalue weighted by Crippen LogP contribution is 2.15. The van der Waals surface area contributed by atoms with Gasteiger partial charge < -0.3 is 9.67 Å². The number of hydrogen-bond donors (Lipinski definition) is 1. The minimum absolute atomic E-state index is 0.182. The van der Waals surface area contributed by atoms with Crippen LogP contribution in [0.4, 0.5) is 0 Å². The largest absolute Gasteiger partial charge is 0.390 e. The number of hydrogen-bond acceptors (Lipinski definition) is 3. The third-order valence-electron chi connectivity index (χ3n) is 2.53. The zero-order chi connectivity index (χ0) is 10.1. The summed E-state index contributed by atoms with van der Waals surface area (Å²) in [6.45, 7) is 2.19. The Morgan fingerprint density at radius 2 is 2.29 bits per heavy atom. The van der Waals surface area contributed by atoms with Gasteiger partial charge in [-0.2, -0.15) is 0 Å². The minimum Gasteiger partial charge on any atom is -0.390 e. The Bertz CT molecular complexity index is 340. The SMILES string of the molecule is Cn1cc(C=O)c(CN2CC(O)C2)c1. The van der Waals surface area contributed by atoms with E-state index in [1.165, 1.54) is 0 Å². The maximum absolute atomic E-state index is 10.7. The highest BCUT2D eigenvalue weighted by molar-refractivity contribution is 5.76. The van der Waals surface area contributed by atoms with Crippen LogP contribution in [0.2, 0.25) is 0 Å². The van der Waals surface area contributed by atoms with E-state index in [9.17, 15) is 4.79 Å². The van der Waals surface area contributed by atoms with Crippen molar-refractivity contribution in [1.82, 2.24) is 9.47 Å². The molecule has 0 bridgehead atoms. The fourth-order valence-corrected chi connectivity index (χ4v) is 1.81. The van der Waals surface area contributed by atoms with Crippen LogP contribution in [0.25, 0.3) is 0 Å². The molecule has 2 rings (SSSR count). The molecule has 4 nitrogen and oxygen atoms in total. The molecule has 0 aromatic carbocycles. The van der Waals surface area contributed by atoms with Gasteiger partial charge in [-0.05, 0) is 5.56 Å². The molecule has 2 heterocycles. The molecular weight excluding hydrogens is 180 g/mol. The number of nitrogens with zero attached hydrogens (tertiary/aromatic N) is 2. The molecule has 76 valence electrons. The van der Waals surface area contributed by atoms with Crippen molar-refractivity contribution < 1.29 is 9.90 Å². The Hall–Kier alpha value is -1.13. The summed E-state index contributed by atoms with van der Waals surface area (Å²) in [5, 5.41) is 9.11. The summed E-state index contributed by atoms with van der Waals surface area (Å²) in [7, 11) is 1.90. The summed E-state index contributed by atoms with van der Waals surface area (Å²) in [5.41, 5.74) is 1.78. The normalized spacial score (nSPS) is 18.1. The van der Waals surface area contributed by atoms with Crippen LogP contribution >= 0.6 is 0 Å². The zero-order valence-corrected chi connectivity index (χ0v) is 8.18. The second kappa shape index (κ2) is 3.55. The molecule has 0 unspecified atom stereocenters. The number of carbonyl (C=O) groups is 1. The molecule has 0 atom stereocenters. The van der Waals surface area contributed by atoms with Gasteiger partial charge in [-0.3, -0.25) is 9.69 Å². The number of rotatable bonds is 3. The molecule has 1 aromatic rings. The number of aryl methyl sites for hydroxylation is 1. The number of aldehydes is 1. The van der Waals surface area contributed by atoms with E-state index in [0.29, 0.717) is 13.1 Å². The maximum atomic E-state index is 10.7. The quantitative estimate of drug-likeness (QED) is 0.690. The first-order valence-corrected chi connectivity index (χ1v) is 4.69. The number of aliphatic hydroxyl groups is 1. The van der Waals surface area contributed by atoms with Crippen molar-refractivity contribution in [2.24, 2.45) is 7.05 Å². The minimum atomic E-state index is -0.182. The van der Waals surface area contributed by atoms with Gasteiger partial charge in [-0.25, -0.2) is 0 Å². The number of β-amino-alcohol motifs (C(OH)–C–C–N with tert-alkyl or cyclic N) is 1. The van der Waals surface area contributed by atoms with Gasteiger partial charge in [-0.15, -0.1) is 0 Å². The van der Waals surface area contributed by atoms with Crippen LogP contribution in [0.5, 0.6) is 0 Å². The van der Waals surface area contributed by atoms with Crippen molar-refractivity contribution in [3.8, 4) is 0 Å². The molecule has 1 N–H and O–H groups in total. The zero-order valence-electron chi connectivity index (χ0n) is 8.18. The molecule has 1 aromatic heterocycles. The summed E-state index contributed by atoms with van der Waals surface area (Å²) >= 11 is 0. The third-order valence-corrected chi connectivity index (χ3v) is 2.53. The van der Waals surface area contributed by atoms with E-state index in [1.54, 1.807) is 0 Å². The number of likely N-dealkylation sites (tertiary alicyclic amines) is 1. The fourth-order valence-electron chi connectivity index (χ4n) is 1.81. The van der Waals surface area contributed by atoms with E-state index in [1.807, 2.05) is 24.0 Å². The van der Waals surface area contributed by atoms with Crippen molar-refractivity contribution in [2.75, 3.05) is 13.1 Å². The monoisotopic (exact) mass is 194 g/mol. The predicted molar refractivity (Wildman–Crippen MR) is 52.1 cm³/mol. The summed E-state index contributed by atoms with van der Waals surface area (Å²) in [6.07, 6.45) is 4.47. The van der Waals surface area contributed by atoms with E-state index >= 15 is 0 Å². The summed E-state index contributed by atoms with van der Waals surface area (Å²) in [4.78, 5) is 12.8. The first kappa shape index (κ1) is 9.43. The van der Waals surface area contributed by atoms with E-state index in [4.69, 9.17) is 5.11 Å². The molecule has 1 aliphatic rings. The van der Waals surface area contributed by atoms with Gasteiger partial charge in [0, 0.05) is 44.6 Å². The van der Waals surface area contributed by atoms with Gasteiger partial charge in [0.2, 0.25) is 0 Å². The second-order valence-electron chi connectivity index (χ2n) is 3.87. The summed E-state index contributed by atoms with van der Waals surface area (Å²) < 4.78 is 1.88. The molecule has 1 fully saturated rings. The number of carbonyl (C=O) groups excluding carboxylic acids is 1. The maximum Gasteiger partial charge on any atom is 0.151 e. The van der Waals surface area contributed by atoms with Gasteiger partial charge in [0.15, 0.2) is 6.29 Å². The molecule has 0 spiro atoms. The van der Waals surface area contributed by atoms with Crippen LogP contribution in [0.1, 0.15) is 15.9 Å². The Morgan fingerprint density at radius 3 is 2.86 bits per heavy atom. The smallest absolute Gasteiger partial charge is 0.151 e. The van der Waals surface area contributed by atoms with Gasteiger partial charge in [0.1, 0.15) is 0 Å². The van der Waals surface area contributed by atoms with Crippen LogP contribution < -0.4 is 0 Å². The fraction of sp³-hybridized carbons (Fsp3) is 0.500. The van der Waals surface area contributed by atoms with Crippen LogP contribution in [0, 0.1) is 0 Å².